The van der Waals surface area contributed by atoms with E-state index in [4.69, 9.17) is 24.1 Å². The third kappa shape index (κ3) is 3.97. The zero-order valence-corrected chi connectivity index (χ0v) is 9.42. The molecule has 2 saturated heterocycles. The first-order valence-electron chi connectivity index (χ1n) is 5.72. The van der Waals surface area contributed by atoms with E-state index in [0.29, 0.717) is 0 Å². The molecule has 0 radical (unpaired) electrons. The molecule has 0 N–H and O–H groups in total. The summed E-state index contributed by atoms with van der Waals surface area (Å²) in [5, 5.41) is 0. The molecule has 2 heterocycles. The largest absolute Gasteiger partial charge is 0.320 e. The molecule has 0 saturated carbocycles. The van der Waals surface area contributed by atoms with Gasteiger partial charge in [-0.25, -0.2) is 19.6 Å². The van der Waals surface area contributed by atoms with E-state index in [1.54, 1.807) is 0 Å². The maximum atomic E-state index is 5.33. The molecular formula is C10H18O6. The van der Waals surface area contributed by atoms with Gasteiger partial charge in [0.25, 0.3) is 0 Å². The van der Waals surface area contributed by atoms with Crippen LogP contribution in [0.25, 0.3) is 0 Å². The van der Waals surface area contributed by atoms with E-state index in [0.717, 1.165) is 32.1 Å². The first-order valence-corrected chi connectivity index (χ1v) is 5.72. The number of rotatable bonds is 6. The molecule has 94 valence electrons. The van der Waals surface area contributed by atoms with Gasteiger partial charge in [0.1, 0.15) is 0 Å². The average Bonchev–Trinajstić information content (AvgIpc) is 2.89. The van der Waals surface area contributed by atoms with Gasteiger partial charge < -0.3 is 9.47 Å². The van der Waals surface area contributed by atoms with Crippen LogP contribution in [0.4, 0.5) is 0 Å². The van der Waals surface area contributed by atoms with Crippen molar-refractivity contribution in [3.05, 3.63) is 0 Å². The Morgan fingerprint density at radius 3 is 2.38 bits per heavy atom. The Balaban J connectivity index is 1.43. The van der Waals surface area contributed by atoms with Gasteiger partial charge in [-0.15, -0.1) is 0 Å². The normalized spacial score (nSPS) is 34.7. The molecule has 2 aliphatic rings. The number of ether oxygens (including phenoxy) is 2. The van der Waals surface area contributed by atoms with Crippen molar-refractivity contribution in [3.8, 4) is 0 Å². The fourth-order valence-corrected chi connectivity index (χ4v) is 1.68. The summed E-state index contributed by atoms with van der Waals surface area (Å²) in [4.78, 5) is 19.3. The lowest BCUT2D eigenvalue weighted by Crippen LogP contribution is -2.09. The van der Waals surface area contributed by atoms with Crippen molar-refractivity contribution < 1.29 is 29.0 Å². The molecule has 0 aromatic carbocycles. The van der Waals surface area contributed by atoms with E-state index in [2.05, 4.69) is 4.89 Å². The highest BCUT2D eigenvalue weighted by atomic mass is 17.3. The predicted octanol–water partition coefficient (Wildman–Crippen LogP) is 1.85. The van der Waals surface area contributed by atoms with E-state index >= 15 is 0 Å². The molecule has 6 heteroatoms. The first kappa shape index (κ1) is 12.2. The van der Waals surface area contributed by atoms with Gasteiger partial charge in [-0.05, 0) is 19.8 Å². The Labute approximate surface area is 94.6 Å². The van der Waals surface area contributed by atoms with Crippen molar-refractivity contribution >= 4 is 0 Å². The van der Waals surface area contributed by atoms with Crippen LogP contribution < -0.4 is 0 Å². The zero-order valence-electron chi connectivity index (χ0n) is 9.42. The quantitative estimate of drug-likeness (QED) is 0.516. The molecule has 3 atom stereocenters. The highest BCUT2D eigenvalue weighted by Crippen LogP contribution is 2.19. The molecule has 6 nitrogen and oxygen atoms in total. The molecular weight excluding hydrogens is 216 g/mol. The average molecular weight is 234 g/mol. The van der Waals surface area contributed by atoms with Crippen LogP contribution >= 0.6 is 0 Å². The van der Waals surface area contributed by atoms with Gasteiger partial charge in [-0.2, -0.15) is 0 Å². The van der Waals surface area contributed by atoms with E-state index < -0.39 is 0 Å². The minimum atomic E-state index is -0.248. The van der Waals surface area contributed by atoms with Crippen LogP contribution in [0.3, 0.4) is 0 Å². The van der Waals surface area contributed by atoms with Gasteiger partial charge in [-0.3, -0.25) is 0 Å². The molecule has 0 amide bonds. The van der Waals surface area contributed by atoms with Crippen molar-refractivity contribution in [2.24, 2.45) is 0 Å². The summed E-state index contributed by atoms with van der Waals surface area (Å²) in [5.74, 6) is 0. The summed E-state index contributed by atoms with van der Waals surface area (Å²) in [5.41, 5.74) is 0. The molecule has 0 aromatic heterocycles. The highest BCUT2D eigenvalue weighted by molar-refractivity contribution is 4.52. The highest BCUT2D eigenvalue weighted by Gasteiger charge is 2.23. The van der Waals surface area contributed by atoms with Crippen LogP contribution in [0, 0.1) is 0 Å². The summed E-state index contributed by atoms with van der Waals surface area (Å²) in [6, 6.07) is 0. The molecule has 0 aliphatic carbocycles. The van der Waals surface area contributed by atoms with Gasteiger partial charge in [0.2, 0.25) is 0 Å². The molecule has 16 heavy (non-hydrogen) atoms. The molecule has 1 unspecified atom stereocenters. The van der Waals surface area contributed by atoms with Gasteiger partial charge >= 0.3 is 0 Å². The van der Waals surface area contributed by atoms with E-state index in [9.17, 15) is 0 Å². The number of hydrogen-bond donors (Lipinski definition) is 0. The SMILES string of the molecule is C[C@@H]1OO[C@@H](CCCCCC2OCOO2)O1. The fraction of sp³-hybridized carbons (Fsp3) is 1.00. The van der Waals surface area contributed by atoms with E-state index in [1.165, 1.54) is 0 Å². The van der Waals surface area contributed by atoms with Gasteiger partial charge in [-0.1, -0.05) is 6.42 Å². The van der Waals surface area contributed by atoms with Crippen LogP contribution in [0.1, 0.15) is 39.0 Å². The summed E-state index contributed by atoms with van der Waals surface area (Å²) in [6.07, 6.45) is 4.22. The summed E-state index contributed by atoms with van der Waals surface area (Å²) in [6.45, 7) is 2.05. The molecule has 2 aliphatic heterocycles. The minimum Gasteiger partial charge on any atom is -0.320 e. The van der Waals surface area contributed by atoms with Gasteiger partial charge in [0, 0.05) is 12.8 Å². The third-order valence-electron chi connectivity index (χ3n) is 2.50. The van der Waals surface area contributed by atoms with E-state index in [1.807, 2.05) is 6.92 Å². The molecule has 0 bridgehead atoms. The second kappa shape index (κ2) is 6.48. The van der Waals surface area contributed by atoms with Gasteiger partial charge in [0.05, 0.1) is 0 Å². The lowest BCUT2D eigenvalue weighted by Gasteiger charge is -2.07. The standard InChI is InChI=1S/C10H18O6/c1-8-13-10(16-14-8)6-4-2-3-5-9-11-7-12-15-9/h8-10H,2-7H2,1H3/t8-,9?,10-/m0/s1. The summed E-state index contributed by atoms with van der Waals surface area (Å²) in [7, 11) is 0. The third-order valence-corrected chi connectivity index (χ3v) is 2.50. The molecule has 2 rings (SSSR count). The lowest BCUT2D eigenvalue weighted by molar-refractivity contribution is -0.294. The molecule has 0 aromatic rings. The Morgan fingerprint density at radius 1 is 0.938 bits per heavy atom. The second-order valence-corrected chi connectivity index (χ2v) is 3.89. The van der Waals surface area contributed by atoms with Crippen LogP contribution in [-0.2, 0) is 29.0 Å². The van der Waals surface area contributed by atoms with Crippen LogP contribution in [0.2, 0.25) is 0 Å². The topological polar surface area (TPSA) is 55.4 Å². The summed E-state index contributed by atoms with van der Waals surface area (Å²) >= 11 is 0. The number of unbranched alkanes of at least 4 members (excludes halogenated alkanes) is 2. The fourth-order valence-electron chi connectivity index (χ4n) is 1.68. The van der Waals surface area contributed by atoms with Crippen molar-refractivity contribution in [2.75, 3.05) is 6.79 Å². The van der Waals surface area contributed by atoms with Crippen molar-refractivity contribution in [3.63, 3.8) is 0 Å². The van der Waals surface area contributed by atoms with Crippen LogP contribution in [-0.4, -0.2) is 25.7 Å². The smallest absolute Gasteiger partial charge is 0.194 e. The summed E-state index contributed by atoms with van der Waals surface area (Å²) < 4.78 is 10.5. The predicted molar refractivity (Wildman–Crippen MR) is 51.5 cm³/mol. The second-order valence-electron chi connectivity index (χ2n) is 3.89. The van der Waals surface area contributed by atoms with Crippen molar-refractivity contribution in [2.45, 2.75) is 57.9 Å². The van der Waals surface area contributed by atoms with Crippen LogP contribution in [0.15, 0.2) is 0 Å². The first-order chi connectivity index (χ1) is 7.84. The Hall–Kier alpha value is -0.240. The monoisotopic (exact) mass is 234 g/mol. The maximum Gasteiger partial charge on any atom is 0.194 e. The number of hydrogen-bond acceptors (Lipinski definition) is 6. The van der Waals surface area contributed by atoms with E-state index in [-0.39, 0.29) is 25.7 Å². The Kier molecular flexibility index (Phi) is 4.95. The maximum absolute atomic E-state index is 5.33. The minimum absolute atomic E-state index is 0.192. The Morgan fingerprint density at radius 2 is 1.75 bits per heavy atom. The van der Waals surface area contributed by atoms with Gasteiger partial charge in [0.15, 0.2) is 25.7 Å². The molecule has 0 spiro atoms. The van der Waals surface area contributed by atoms with Crippen molar-refractivity contribution in [1.29, 1.82) is 0 Å². The van der Waals surface area contributed by atoms with Crippen molar-refractivity contribution in [1.82, 2.24) is 0 Å². The Bertz CT molecular complexity index is 194. The van der Waals surface area contributed by atoms with Crippen LogP contribution in [0.5, 0.6) is 0 Å². The zero-order chi connectivity index (χ0) is 11.2. The molecule has 2 fully saturated rings. The lowest BCUT2D eigenvalue weighted by atomic mass is 10.1.